The highest BCUT2D eigenvalue weighted by atomic mass is 32.2. The molecule has 0 fully saturated rings. The average Bonchev–Trinajstić information content (AvgIpc) is 2.52. The fourth-order valence-corrected chi connectivity index (χ4v) is 2.23. The van der Waals surface area contributed by atoms with Gasteiger partial charge in [-0.25, -0.2) is 9.97 Å². The molecule has 2 heterocycles. The lowest BCUT2D eigenvalue weighted by atomic mass is 10.3. The van der Waals surface area contributed by atoms with E-state index in [1.165, 1.54) is 19.3 Å². The van der Waals surface area contributed by atoms with Crippen molar-refractivity contribution in [2.75, 3.05) is 12.8 Å². The second-order valence-corrected chi connectivity index (χ2v) is 5.09. The molecule has 0 aliphatic heterocycles. The van der Waals surface area contributed by atoms with Crippen LogP contribution in [0.5, 0.6) is 0 Å². The molecule has 0 saturated heterocycles. The summed E-state index contributed by atoms with van der Waals surface area (Å²) in [6, 6.07) is 5.60. The summed E-state index contributed by atoms with van der Waals surface area (Å²) in [6.07, 6.45) is -3.16. The van der Waals surface area contributed by atoms with Crippen LogP contribution in [0.1, 0.15) is 5.69 Å². The molecule has 0 aromatic carbocycles. The van der Waals surface area contributed by atoms with Gasteiger partial charge in [-0.15, -0.1) is 0 Å². The molecule has 0 bridgehead atoms. The molecule has 116 valence electrons. The van der Waals surface area contributed by atoms with E-state index in [0.717, 1.165) is 17.8 Å². The van der Waals surface area contributed by atoms with Gasteiger partial charge in [0.1, 0.15) is 16.4 Å². The number of carbonyl (C=O) groups is 1. The summed E-state index contributed by atoms with van der Waals surface area (Å²) < 4.78 is 38.8. The highest BCUT2D eigenvalue weighted by Gasteiger charge is 2.34. The number of hydrogen-bond acceptors (Lipinski definition) is 5. The van der Waals surface area contributed by atoms with E-state index in [1.807, 2.05) is 0 Å². The third-order valence-electron chi connectivity index (χ3n) is 2.52. The van der Waals surface area contributed by atoms with Gasteiger partial charge in [0.15, 0.2) is 5.82 Å². The van der Waals surface area contributed by atoms with Crippen LogP contribution >= 0.6 is 11.8 Å². The predicted octanol–water partition coefficient (Wildman–Crippen LogP) is 2.40. The van der Waals surface area contributed by atoms with Crippen molar-refractivity contribution in [3.8, 4) is 11.5 Å². The molecule has 0 aliphatic carbocycles. The maximum absolute atomic E-state index is 12.9. The van der Waals surface area contributed by atoms with Crippen molar-refractivity contribution < 1.29 is 18.0 Å². The van der Waals surface area contributed by atoms with Crippen LogP contribution in [0, 0.1) is 0 Å². The molecule has 0 saturated carbocycles. The monoisotopic (exact) mass is 328 g/mol. The van der Waals surface area contributed by atoms with E-state index in [2.05, 4.69) is 20.3 Å². The molecule has 0 unspecified atom stereocenters. The third-order valence-corrected chi connectivity index (χ3v) is 3.43. The van der Waals surface area contributed by atoms with Crippen molar-refractivity contribution in [3.05, 3.63) is 36.2 Å². The van der Waals surface area contributed by atoms with E-state index >= 15 is 0 Å². The maximum atomic E-state index is 12.9. The maximum Gasteiger partial charge on any atom is 0.433 e. The van der Waals surface area contributed by atoms with E-state index in [9.17, 15) is 18.0 Å². The minimum Gasteiger partial charge on any atom is -0.358 e. The van der Waals surface area contributed by atoms with Crippen LogP contribution in [0.15, 0.2) is 35.5 Å². The molecule has 2 aromatic rings. The lowest BCUT2D eigenvalue weighted by Gasteiger charge is -2.09. The smallest absolute Gasteiger partial charge is 0.358 e. The lowest BCUT2D eigenvalue weighted by molar-refractivity contribution is -0.141. The Hall–Kier alpha value is -2.16. The Labute approximate surface area is 128 Å². The first-order valence-corrected chi connectivity index (χ1v) is 7.10. The number of halogens is 3. The van der Waals surface area contributed by atoms with Crippen LogP contribution in [-0.2, 0) is 11.0 Å². The van der Waals surface area contributed by atoms with Crippen LogP contribution < -0.4 is 5.32 Å². The SMILES string of the molecule is CNC(=O)CSc1cc(C(F)(F)F)nc(-c2ccccn2)n1. The van der Waals surface area contributed by atoms with Crippen LogP contribution in [0.3, 0.4) is 0 Å². The summed E-state index contributed by atoms with van der Waals surface area (Å²) >= 11 is 0.901. The second kappa shape index (κ2) is 6.73. The normalized spacial score (nSPS) is 11.3. The Morgan fingerprint density at radius 2 is 2.09 bits per heavy atom. The zero-order valence-corrected chi connectivity index (χ0v) is 12.2. The Balaban J connectivity index is 2.39. The minimum absolute atomic E-state index is 0.0352. The van der Waals surface area contributed by atoms with E-state index in [4.69, 9.17) is 0 Å². The van der Waals surface area contributed by atoms with Gasteiger partial charge in [0.2, 0.25) is 5.91 Å². The summed E-state index contributed by atoms with van der Waals surface area (Å²) in [5.74, 6) is -0.474. The third kappa shape index (κ3) is 4.17. The zero-order chi connectivity index (χ0) is 16.2. The van der Waals surface area contributed by atoms with Crippen molar-refractivity contribution in [1.82, 2.24) is 20.3 Å². The highest BCUT2D eigenvalue weighted by molar-refractivity contribution is 7.99. The van der Waals surface area contributed by atoms with Crippen LogP contribution in [0.4, 0.5) is 13.2 Å². The molecular formula is C13H11F3N4OS. The van der Waals surface area contributed by atoms with Gasteiger partial charge in [-0.05, 0) is 12.1 Å². The molecule has 0 radical (unpaired) electrons. The number of nitrogens with zero attached hydrogens (tertiary/aromatic N) is 3. The van der Waals surface area contributed by atoms with Crippen molar-refractivity contribution in [2.45, 2.75) is 11.2 Å². The van der Waals surface area contributed by atoms with Gasteiger partial charge in [0, 0.05) is 19.3 Å². The van der Waals surface area contributed by atoms with E-state index in [0.29, 0.717) is 0 Å². The summed E-state index contributed by atoms with van der Waals surface area (Å²) in [4.78, 5) is 22.7. The van der Waals surface area contributed by atoms with Crippen molar-refractivity contribution >= 4 is 17.7 Å². The molecule has 5 nitrogen and oxygen atoms in total. The number of rotatable bonds is 4. The molecule has 1 N–H and O–H groups in total. The first-order chi connectivity index (χ1) is 10.4. The molecule has 0 aliphatic rings. The van der Waals surface area contributed by atoms with Gasteiger partial charge in [-0.2, -0.15) is 13.2 Å². The summed E-state index contributed by atoms with van der Waals surface area (Å²) in [5.41, 5.74) is -0.835. The summed E-state index contributed by atoms with van der Waals surface area (Å²) in [6.45, 7) is 0. The standard InChI is InChI=1S/C13H11F3N4OS/c1-17-10(21)7-22-11-6-9(13(14,15)16)19-12(20-11)8-4-2-3-5-18-8/h2-6H,7H2,1H3,(H,17,21). The van der Waals surface area contributed by atoms with Crippen LogP contribution in [0.2, 0.25) is 0 Å². The van der Waals surface area contributed by atoms with E-state index in [1.54, 1.807) is 12.1 Å². The van der Waals surface area contributed by atoms with Crippen molar-refractivity contribution in [2.24, 2.45) is 0 Å². The fourth-order valence-electron chi connectivity index (χ4n) is 1.47. The molecule has 1 amide bonds. The van der Waals surface area contributed by atoms with E-state index < -0.39 is 11.9 Å². The summed E-state index contributed by atoms with van der Waals surface area (Å²) in [7, 11) is 1.45. The molecule has 2 aromatic heterocycles. The number of hydrogen-bond donors (Lipinski definition) is 1. The van der Waals surface area contributed by atoms with Gasteiger partial charge in [0.25, 0.3) is 0 Å². The molecule has 0 atom stereocenters. The summed E-state index contributed by atoms with van der Waals surface area (Å²) in [5, 5.41) is 2.45. The quantitative estimate of drug-likeness (QED) is 0.689. The van der Waals surface area contributed by atoms with Gasteiger partial charge >= 0.3 is 6.18 Å². The number of nitrogens with one attached hydrogen (secondary N) is 1. The first-order valence-electron chi connectivity index (χ1n) is 6.11. The van der Waals surface area contributed by atoms with Gasteiger partial charge in [-0.1, -0.05) is 17.8 Å². The molecule has 0 spiro atoms. The van der Waals surface area contributed by atoms with Crippen molar-refractivity contribution in [1.29, 1.82) is 0 Å². The molecule has 9 heteroatoms. The van der Waals surface area contributed by atoms with Gasteiger partial charge < -0.3 is 5.32 Å². The highest BCUT2D eigenvalue weighted by Crippen LogP contribution is 2.31. The van der Waals surface area contributed by atoms with Gasteiger partial charge in [0.05, 0.1) is 5.75 Å². The first kappa shape index (κ1) is 16.2. The predicted molar refractivity (Wildman–Crippen MR) is 75.1 cm³/mol. The van der Waals surface area contributed by atoms with Crippen LogP contribution in [-0.4, -0.2) is 33.7 Å². The number of pyridine rings is 1. The Morgan fingerprint density at radius 1 is 1.32 bits per heavy atom. The largest absolute Gasteiger partial charge is 0.433 e. The number of aromatic nitrogens is 3. The van der Waals surface area contributed by atoms with Gasteiger partial charge in [-0.3, -0.25) is 9.78 Å². The molecule has 2 rings (SSSR count). The zero-order valence-electron chi connectivity index (χ0n) is 11.4. The number of alkyl halides is 3. The Kier molecular flexibility index (Phi) is 4.96. The molecular weight excluding hydrogens is 317 g/mol. The van der Waals surface area contributed by atoms with Crippen molar-refractivity contribution in [3.63, 3.8) is 0 Å². The Morgan fingerprint density at radius 3 is 2.68 bits per heavy atom. The number of carbonyl (C=O) groups excluding carboxylic acids is 1. The number of thioether (sulfide) groups is 1. The molecule has 22 heavy (non-hydrogen) atoms. The Bertz CT molecular complexity index is 664. The van der Waals surface area contributed by atoms with E-state index in [-0.39, 0.29) is 28.2 Å². The minimum atomic E-state index is -4.60. The van der Waals surface area contributed by atoms with Crippen LogP contribution in [0.25, 0.3) is 11.5 Å². The number of amides is 1. The fraction of sp³-hybridized carbons (Fsp3) is 0.231. The average molecular weight is 328 g/mol. The lowest BCUT2D eigenvalue weighted by Crippen LogP contribution is -2.20. The topological polar surface area (TPSA) is 67.8 Å². The second-order valence-electron chi connectivity index (χ2n) is 4.09.